The summed E-state index contributed by atoms with van der Waals surface area (Å²) in [6, 6.07) is 8.41. The van der Waals surface area contributed by atoms with E-state index in [4.69, 9.17) is 9.26 Å². The molecule has 0 bridgehead atoms. The van der Waals surface area contributed by atoms with Gasteiger partial charge in [-0.2, -0.15) is 0 Å². The Hall–Kier alpha value is -3.03. The molecule has 2 N–H and O–H groups in total. The van der Waals surface area contributed by atoms with Gasteiger partial charge in [-0.05, 0) is 32.0 Å². The first-order chi connectivity index (χ1) is 11.5. The van der Waals surface area contributed by atoms with Gasteiger partial charge in [0.1, 0.15) is 18.4 Å². The van der Waals surface area contributed by atoms with Gasteiger partial charge in [0.15, 0.2) is 5.82 Å². The van der Waals surface area contributed by atoms with Gasteiger partial charge in [-0.1, -0.05) is 11.2 Å². The van der Waals surface area contributed by atoms with E-state index >= 15 is 0 Å². The third kappa shape index (κ3) is 3.48. The molecule has 8 nitrogen and oxygen atoms in total. The van der Waals surface area contributed by atoms with Crippen molar-refractivity contribution in [3.8, 4) is 0 Å². The molecule has 24 heavy (non-hydrogen) atoms. The number of aromatic nitrogens is 1. The summed E-state index contributed by atoms with van der Waals surface area (Å²) in [7, 11) is 0. The molecular weight excluding hydrogens is 312 g/mol. The zero-order valence-electron chi connectivity index (χ0n) is 13.4. The van der Waals surface area contributed by atoms with Crippen LogP contribution in [0.4, 0.5) is 22.0 Å². The number of cyclic esters (lactones) is 1. The molecular formula is C16H18N4O4. The minimum Gasteiger partial charge on any atom is -0.447 e. The number of hydrogen-bond acceptors (Lipinski definition) is 6. The molecule has 1 unspecified atom stereocenters. The van der Waals surface area contributed by atoms with Crippen molar-refractivity contribution < 1.29 is 18.8 Å². The summed E-state index contributed by atoms with van der Waals surface area (Å²) in [5.74, 6) is 0.755. The number of ether oxygens (including phenoxy) is 1. The molecule has 126 valence electrons. The number of rotatable bonds is 5. The van der Waals surface area contributed by atoms with Crippen molar-refractivity contribution in [2.75, 3.05) is 28.7 Å². The van der Waals surface area contributed by atoms with Gasteiger partial charge in [-0.3, -0.25) is 9.69 Å². The second-order valence-corrected chi connectivity index (χ2v) is 5.49. The number of hydrogen-bond donors (Lipinski definition) is 2. The van der Waals surface area contributed by atoms with Gasteiger partial charge in [-0.15, -0.1) is 0 Å². The van der Waals surface area contributed by atoms with Crippen LogP contribution in [0.3, 0.4) is 0 Å². The minimum atomic E-state index is -0.497. The number of carbonyl (C=O) groups excluding carboxylic acids is 2. The van der Waals surface area contributed by atoms with Gasteiger partial charge in [-0.25, -0.2) is 4.79 Å². The van der Waals surface area contributed by atoms with Gasteiger partial charge >= 0.3 is 6.09 Å². The van der Waals surface area contributed by atoms with E-state index in [1.54, 1.807) is 30.9 Å². The van der Waals surface area contributed by atoms with Crippen molar-refractivity contribution in [1.82, 2.24) is 5.16 Å². The van der Waals surface area contributed by atoms with E-state index in [1.807, 2.05) is 18.2 Å². The molecule has 1 atom stereocenters. The Kier molecular flexibility index (Phi) is 4.37. The van der Waals surface area contributed by atoms with Gasteiger partial charge in [0.25, 0.3) is 0 Å². The lowest BCUT2D eigenvalue weighted by Gasteiger charge is -2.17. The number of amides is 2. The average molecular weight is 330 g/mol. The van der Waals surface area contributed by atoms with Crippen LogP contribution in [0.15, 0.2) is 34.9 Å². The largest absolute Gasteiger partial charge is 0.447 e. The molecule has 3 rings (SSSR count). The maximum Gasteiger partial charge on any atom is 0.414 e. The van der Waals surface area contributed by atoms with Crippen molar-refractivity contribution >= 4 is 29.2 Å². The van der Waals surface area contributed by atoms with Gasteiger partial charge < -0.3 is 19.9 Å². The fourth-order valence-corrected chi connectivity index (χ4v) is 2.37. The first-order valence-corrected chi connectivity index (χ1v) is 7.58. The molecule has 1 aliphatic heterocycles. The Labute approximate surface area is 138 Å². The van der Waals surface area contributed by atoms with Crippen LogP contribution in [-0.2, 0) is 9.53 Å². The molecule has 0 spiro atoms. The number of benzene rings is 1. The van der Waals surface area contributed by atoms with E-state index in [-0.39, 0.29) is 12.0 Å². The molecule has 1 aromatic heterocycles. The lowest BCUT2D eigenvalue weighted by atomic mass is 10.2. The Morgan fingerprint density at radius 2 is 2.21 bits per heavy atom. The molecule has 1 saturated heterocycles. The van der Waals surface area contributed by atoms with Crippen molar-refractivity contribution in [3.63, 3.8) is 0 Å². The standard InChI is InChI=1S/C16H18N4O4/c1-10-8-14(19-24-10)18-15(21)11(2)17-12-4-3-5-13(9-12)20-6-7-23-16(20)22/h3-5,8-9,11,17H,6-7H2,1-2H3,(H,18,19,21). The number of anilines is 3. The second-order valence-electron chi connectivity index (χ2n) is 5.49. The van der Waals surface area contributed by atoms with Crippen LogP contribution in [0.1, 0.15) is 12.7 Å². The van der Waals surface area contributed by atoms with Crippen molar-refractivity contribution in [1.29, 1.82) is 0 Å². The Bertz CT molecular complexity index is 758. The average Bonchev–Trinajstić information content (AvgIpc) is 3.16. The Balaban J connectivity index is 1.64. The summed E-state index contributed by atoms with van der Waals surface area (Å²) >= 11 is 0. The van der Waals surface area contributed by atoms with Crippen LogP contribution in [0, 0.1) is 6.92 Å². The molecule has 0 radical (unpaired) electrons. The van der Waals surface area contributed by atoms with E-state index in [0.717, 1.165) is 11.4 Å². The highest BCUT2D eigenvalue weighted by Gasteiger charge is 2.24. The van der Waals surface area contributed by atoms with Gasteiger partial charge in [0.05, 0.1) is 6.54 Å². The van der Waals surface area contributed by atoms with Crippen LogP contribution in [-0.4, -0.2) is 36.4 Å². The first-order valence-electron chi connectivity index (χ1n) is 7.58. The summed E-state index contributed by atoms with van der Waals surface area (Å²) in [6.07, 6.45) is -0.362. The van der Waals surface area contributed by atoms with Crippen molar-refractivity contribution in [2.24, 2.45) is 0 Å². The predicted molar refractivity (Wildman–Crippen MR) is 88.1 cm³/mol. The minimum absolute atomic E-state index is 0.241. The molecule has 2 aromatic rings. The Morgan fingerprint density at radius 1 is 1.38 bits per heavy atom. The van der Waals surface area contributed by atoms with E-state index in [1.165, 1.54) is 0 Å². The molecule has 0 aliphatic carbocycles. The number of nitrogens with one attached hydrogen (secondary N) is 2. The van der Waals surface area contributed by atoms with Crippen LogP contribution in [0.2, 0.25) is 0 Å². The molecule has 8 heteroatoms. The maximum atomic E-state index is 12.2. The van der Waals surface area contributed by atoms with Crippen molar-refractivity contribution in [2.45, 2.75) is 19.9 Å². The van der Waals surface area contributed by atoms with Crippen LogP contribution >= 0.6 is 0 Å². The van der Waals surface area contributed by atoms with E-state index in [9.17, 15) is 9.59 Å². The van der Waals surface area contributed by atoms with Crippen LogP contribution in [0.5, 0.6) is 0 Å². The SMILES string of the molecule is Cc1cc(NC(=O)C(C)Nc2cccc(N3CCOC3=O)c2)no1. The highest BCUT2D eigenvalue weighted by atomic mass is 16.6. The van der Waals surface area contributed by atoms with Crippen LogP contribution in [0.25, 0.3) is 0 Å². The van der Waals surface area contributed by atoms with Gasteiger partial charge in [0, 0.05) is 17.4 Å². The highest BCUT2D eigenvalue weighted by molar-refractivity contribution is 5.95. The predicted octanol–water partition coefficient (Wildman–Crippen LogP) is 2.38. The highest BCUT2D eigenvalue weighted by Crippen LogP contribution is 2.23. The molecule has 1 aliphatic rings. The molecule has 1 aromatic carbocycles. The third-order valence-corrected chi connectivity index (χ3v) is 3.57. The summed E-state index contributed by atoms with van der Waals surface area (Å²) < 4.78 is 9.85. The zero-order valence-corrected chi connectivity index (χ0v) is 13.4. The number of aryl methyl sites for hydroxylation is 1. The maximum absolute atomic E-state index is 12.2. The smallest absolute Gasteiger partial charge is 0.414 e. The zero-order chi connectivity index (χ0) is 17.1. The summed E-state index contributed by atoms with van der Waals surface area (Å²) in [5.41, 5.74) is 1.45. The van der Waals surface area contributed by atoms with E-state index < -0.39 is 6.04 Å². The molecule has 1 fully saturated rings. The lowest BCUT2D eigenvalue weighted by molar-refractivity contribution is -0.116. The fourth-order valence-electron chi connectivity index (χ4n) is 2.37. The van der Waals surface area contributed by atoms with Crippen molar-refractivity contribution in [3.05, 3.63) is 36.1 Å². The quantitative estimate of drug-likeness (QED) is 0.874. The van der Waals surface area contributed by atoms with E-state index in [2.05, 4.69) is 15.8 Å². The molecule has 2 heterocycles. The van der Waals surface area contributed by atoms with E-state index in [0.29, 0.717) is 24.7 Å². The topological polar surface area (TPSA) is 96.7 Å². The Morgan fingerprint density at radius 3 is 2.88 bits per heavy atom. The lowest BCUT2D eigenvalue weighted by Crippen LogP contribution is -2.32. The molecule has 0 saturated carbocycles. The normalized spacial score (nSPS) is 15.1. The first kappa shape index (κ1) is 15.9. The third-order valence-electron chi connectivity index (χ3n) is 3.57. The van der Waals surface area contributed by atoms with Crippen LogP contribution < -0.4 is 15.5 Å². The summed E-state index contributed by atoms with van der Waals surface area (Å²) in [6.45, 7) is 4.38. The van der Waals surface area contributed by atoms with Gasteiger partial charge in [0.2, 0.25) is 5.91 Å². The summed E-state index contributed by atoms with van der Waals surface area (Å²) in [4.78, 5) is 25.4. The number of nitrogens with zero attached hydrogens (tertiary/aromatic N) is 2. The second kappa shape index (κ2) is 6.61. The fraction of sp³-hybridized carbons (Fsp3) is 0.312. The number of carbonyl (C=O) groups is 2. The summed E-state index contributed by atoms with van der Waals surface area (Å²) in [5, 5.41) is 9.49. The monoisotopic (exact) mass is 330 g/mol. The molecule has 2 amide bonds.